The van der Waals surface area contributed by atoms with Gasteiger partial charge in [0.25, 0.3) is 0 Å². The number of ether oxygens (including phenoxy) is 2. The van der Waals surface area contributed by atoms with Crippen LogP contribution in [-0.2, 0) is 10.3 Å². The molecule has 0 aromatic heterocycles. The van der Waals surface area contributed by atoms with Gasteiger partial charge in [0.05, 0.1) is 5.56 Å². The van der Waals surface area contributed by atoms with Crippen LogP contribution in [0.5, 0.6) is 11.5 Å². The summed E-state index contributed by atoms with van der Waals surface area (Å²) >= 11 is 7.04. The molecule has 0 bridgehead atoms. The number of nitrogens with zero attached hydrogens (tertiary/aromatic N) is 2. The number of esters is 1. The maximum absolute atomic E-state index is 13.0. The number of benzene rings is 3. The predicted molar refractivity (Wildman–Crippen MR) is 130 cm³/mol. The average Bonchev–Trinajstić information content (AvgIpc) is 3.12. The summed E-state index contributed by atoms with van der Waals surface area (Å²) in [6.45, 7) is 7.82. The minimum absolute atomic E-state index is 0.336. The number of carbonyl (C=O) groups is 1. The Hall–Kier alpha value is -3.02. The average molecular weight is 463 g/mol. The van der Waals surface area contributed by atoms with Crippen molar-refractivity contribution in [3.8, 4) is 11.5 Å². The molecule has 5 rings (SSSR count). The fourth-order valence-electron chi connectivity index (χ4n) is 5.07. The number of rotatable bonds is 5. The lowest BCUT2D eigenvalue weighted by Gasteiger charge is -2.44. The van der Waals surface area contributed by atoms with Crippen molar-refractivity contribution in [2.75, 3.05) is 25.0 Å². The lowest BCUT2D eigenvalue weighted by atomic mass is 9.77. The van der Waals surface area contributed by atoms with Crippen LogP contribution in [0, 0.1) is 0 Å². The van der Waals surface area contributed by atoms with Crippen molar-refractivity contribution in [3.05, 3.63) is 89.0 Å². The Labute approximate surface area is 199 Å². The fourth-order valence-corrected chi connectivity index (χ4v) is 5.40. The first kappa shape index (κ1) is 21.8. The molecule has 0 fully saturated rings. The third-order valence-electron chi connectivity index (χ3n) is 6.94. The molecule has 5 nitrogen and oxygen atoms in total. The summed E-state index contributed by atoms with van der Waals surface area (Å²) in [5.74, 6) is 1.01. The molecule has 3 aromatic carbocycles. The van der Waals surface area contributed by atoms with Crippen molar-refractivity contribution >= 4 is 23.3 Å². The molecule has 1 spiro atoms. The highest BCUT2D eigenvalue weighted by Gasteiger charge is 2.53. The van der Waals surface area contributed by atoms with E-state index in [9.17, 15) is 4.79 Å². The molecule has 6 heteroatoms. The molecule has 2 aliphatic rings. The van der Waals surface area contributed by atoms with Gasteiger partial charge >= 0.3 is 5.97 Å². The Morgan fingerprint density at radius 2 is 1.55 bits per heavy atom. The lowest BCUT2D eigenvalue weighted by molar-refractivity contribution is 0.0224. The fraction of sp³-hybridized carbons (Fsp3) is 0.296. The van der Waals surface area contributed by atoms with Gasteiger partial charge in [-0.25, -0.2) is 4.79 Å². The Bertz CT molecular complexity index is 1240. The van der Waals surface area contributed by atoms with Gasteiger partial charge in [-0.2, -0.15) is 0 Å². The maximum atomic E-state index is 13.0. The highest BCUT2D eigenvalue weighted by atomic mass is 35.5. The van der Waals surface area contributed by atoms with Crippen LogP contribution < -0.4 is 9.64 Å². The van der Waals surface area contributed by atoms with Gasteiger partial charge in [0.2, 0.25) is 0 Å². The first-order valence-corrected chi connectivity index (χ1v) is 11.6. The molecular weight excluding hydrogens is 436 g/mol. The van der Waals surface area contributed by atoms with E-state index in [1.165, 1.54) is 0 Å². The maximum Gasteiger partial charge on any atom is 0.340 e. The van der Waals surface area contributed by atoms with Crippen LogP contribution in [0.25, 0.3) is 0 Å². The monoisotopic (exact) mass is 462 g/mol. The SMILES string of the molecule is CCN(CC)C(C)(Cl)N(C)c1ccc2c(c1)C1(OC(=O)c3ccccc31)c1ccccc1O2. The number of para-hydroxylation sites is 1. The van der Waals surface area contributed by atoms with Crippen molar-refractivity contribution < 1.29 is 14.3 Å². The molecule has 3 aromatic rings. The van der Waals surface area contributed by atoms with Gasteiger partial charge in [-0.15, -0.1) is 0 Å². The van der Waals surface area contributed by atoms with Crippen molar-refractivity contribution in [1.82, 2.24) is 4.90 Å². The molecule has 0 amide bonds. The predicted octanol–water partition coefficient (Wildman–Crippen LogP) is 5.95. The van der Waals surface area contributed by atoms with E-state index in [1.54, 1.807) is 0 Å². The Kier molecular flexibility index (Phi) is 5.15. The number of hydrogen-bond acceptors (Lipinski definition) is 5. The van der Waals surface area contributed by atoms with Crippen LogP contribution in [0.2, 0.25) is 0 Å². The van der Waals surface area contributed by atoms with E-state index in [1.807, 2.05) is 85.6 Å². The molecule has 0 saturated carbocycles. The van der Waals surface area contributed by atoms with E-state index >= 15 is 0 Å². The number of halogens is 1. The largest absolute Gasteiger partial charge is 0.456 e. The molecule has 0 N–H and O–H groups in total. The quantitative estimate of drug-likeness (QED) is 0.203. The van der Waals surface area contributed by atoms with Crippen LogP contribution in [0.1, 0.15) is 47.8 Å². The zero-order chi connectivity index (χ0) is 23.4. The van der Waals surface area contributed by atoms with Crippen molar-refractivity contribution in [2.24, 2.45) is 0 Å². The minimum atomic E-state index is -1.08. The lowest BCUT2D eigenvalue weighted by Crippen LogP contribution is -2.53. The normalized spacial score (nSPS) is 19.9. The van der Waals surface area contributed by atoms with Crippen LogP contribution in [0.4, 0.5) is 5.69 Å². The molecule has 2 atom stereocenters. The van der Waals surface area contributed by atoms with E-state index in [2.05, 4.69) is 18.7 Å². The first-order valence-electron chi connectivity index (χ1n) is 11.3. The van der Waals surface area contributed by atoms with Gasteiger partial charge in [0.1, 0.15) is 11.5 Å². The minimum Gasteiger partial charge on any atom is -0.456 e. The smallest absolute Gasteiger partial charge is 0.340 e. The summed E-state index contributed by atoms with van der Waals surface area (Å²) in [7, 11) is 1.98. The number of carbonyl (C=O) groups excluding carboxylic acids is 1. The van der Waals surface area contributed by atoms with Crippen LogP contribution >= 0.6 is 11.6 Å². The zero-order valence-corrected chi connectivity index (χ0v) is 20.0. The second-order valence-corrected chi connectivity index (χ2v) is 9.25. The number of anilines is 1. The van der Waals surface area contributed by atoms with E-state index < -0.39 is 10.7 Å². The van der Waals surface area contributed by atoms with E-state index in [4.69, 9.17) is 21.1 Å². The van der Waals surface area contributed by atoms with Crippen LogP contribution in [0.3, 0.4) is 0 Å². The molecule has 0 radical (unpaired) electrons. The Morgan fingerprint density at radius 3 is 2.27 bits per heavy atom. The van der Waals surface area contributed by atoms with Crippen molar-refractivity contribution in [1.29, 1.82) is 0 Å². The first-order chi connectivity index (χ1) is 15.8. The molecule has 0 saturated heterocycles. The summed E-state index contributed by atoms with van der Waals surface area (Å²) in [5, 5.41) is -0.734. The van der Waals surface area contributed by atoms with Gasteiger partial charge in [-0.3, -0.25) is 4.90 Å². The third-order valence-corrected chi connectivity index (χ3v) is 7.43. The van der Waals surface area contributed by atoms with Gasteiger partial charge in [0, 0.05) is 29.4 Å². The second kappa shape index (κ2) is 7.79. The number of alkyl halides is 1. The van der Waals surface area contributed by atoms with E-state index in [0.717, 1.165) is 35.5 Å². The molecule has 33 heavy (non-hydrogen) atoms. The topological polar surface area (TPSA) is 42.0 Å². The van der Waals surface area contributed by atoms with Crippen molar-refractivity contribution in [2.45, 2.75) is 31.5 Å². The van der Waals surface area contributed by atoms with E-state index in [0.29, 0.717) is 17.1 Å². The summed E-state index contributed by atoms with van der Waals surface area (Å²) in [6.07, 6.45) is 0. The third kappa shape index (κ3) is 3.06. The van der Waals surface area contributed by atoms with Crippen molar-refractivity contribution in [3.63, 3.8) is 0 Å². The Balaban J connectivity index is 1.72. The van der Waals surface area contributed by atoms with Gasteiger partial charge in [-0.05, 0) is 50.3 Å². The highest BCUT2D eigenvalue weighted by Crippen LogP contribution is 2.56. The second-order valence-electron chi connectivity index (χ2n) is 8.53. The highest BCUT2D eigenvalue weighted by molar-refractivity contribution is 6.24. The Morgan fingerprint density at radius 1 is 0.909 bits per heavy atom. The van der Waals surface area contributed by atoms with Crippen LogP contribution in [0.15, 0.2) is 66.7 Å². The van der Waals surface area contributed by atoms with Crippen LogP contribution in [-0.4, -0.2) is 36.1 Å². The molecule has 2 unspecified atom stereocenters. The molecule has 2 heterocycles. The molecule has 2 aliphatic heterocycles. The summed E-state index contributed by atoms with van der Waals surface area (Å²) < 4.78 is 12.5. The zero-order valence-electron chi connectivity index (χ0n) is 19.3. The summed E-state index contributed by atoms with van der Waals surface area (Å²) in [5.41, 5.74) is 2.82. The van der Waals surface area contributed by atoms with Gasteiger partial charge in [-0.1, -0.05) is 61.8 Å². The molecule has 170 valence electrons. The molecule has 0 aliphatic carbocycles. The van der Waals surface area contributed by atoms with Gasteiger partial charge < -0.3 is 14.4 Å². The number of fused-ring (bicyclic) bond motifs is 6. The summed E-state index contributed by atoms with van der Waals surface area (Å²) in [4.78, 5) is 17.2. The molecular formula is C27H27ClN2O3. The van der Waals surface area contributed by atoms with Gasteiger partial charge in [0.15, 0.2) is 10.7 Å². The standard InChI is InChI=1S/C27H27ClN2O3/c1-5-30(6-2)26(3,28)29(4)18-15-16-24-22(17-18)27(21-13-9-10-14-23(21)32-24)20-12-8-7-11-19(20)25(31)33-27/h7-17H,5-6H2,1-4H3. The van der Waals surface area contributed by atoms with E-state index in [-0.39, 0.29) is 5.97 Å². The number of hydrogen-bond donors (Lipinski definition) is 0. The summed E-state index contributed by atoms with van der Waals surface area (Å²) in [6, 6.07) is 21.3.